The van der Waals surface area contributed by atoms with E-state index in [1.54, 1.807) is 0 Å². The zero-order valence-corrected chi connectivity index (χ0v) is 19.5. The van der Waals surface area contributed by atoms with E-state index in [1.807, 2.05) is 0 Å². The molecule has 0 aliphatic rings. The Labute approximate surface area is 209 Å². The van der Waals surface area contributed by atoms with Gasteiger partial charge < -0.3 is 47.7 Å². The summed E-state index contributed by atoms with van der Waals surface area (Å²) in [5.74, 6) is -7.97. The Kier molecular flexibility index (Phi) is 12.2. The molecule has 0 saturated heterocycles. The zero-order valence-electron chi connectivity index (χ0n) is 19.5. The van der Waals surface area contributed by atoms with Crippen LogP contribution >= 0.6 is 0 Å². The molecule has 204 valence electrons. The predicted molar refractivity (Wildman–Crippen MR) is 121 cm³/mol. The van der Waals surface area contributed by atoms with Crippen molar-refractivity contribution in [2.45, 2.75) is 62.7 Å². The Balaban J connectivity index is 3.08. The number of aliphatic carboxylic acids is 3. The molecule has 0 bridgehead atoms. The number of amides is 4. The smallest absolute Gasteiger partial charge is 0.326 e. The van der Waals surface area contributed by atoms with Crippen molar-refractivity contribution in [1.82, 2.24) is 25.9 Å². The van der Waals surface area contributed by atoms with E-state index < -0.39 is 97.8 Å². The van der Waals surface area contributed by atoms with Gasteiger partial charge in [-0.2, -0.15) is 0 Å². The molecule has 1 heterocycles. The summed E-state index contributed by atoms with van der Waals surface area (Å²) in [6.45, 7) is 0. The number of rotatable bonds is 17. The van der Waals surface area contributed by atoms with Crippen molar-refractivity contribution in [3.8, 4) is 0 Å². The molecule has 17 heteroatoms. The summed E-state index contributed by atoms with van der Waals surface area (Å²) in [4.78, 5) is 89.0. The lowest BCUT2D eigenvalue weighted by Crippen LogP contribution is -2.58. The number of hydrogen-bond donors (Lipinski definition) is 9. The first-order valence-corrected chi connectivity index (χ1v) is 10.9. The molecule has 0 aromatic carbocycles. The normalized spacial score (nSPS) is 13.9. The SMILES string of the molecule is NC(=O)CC(N)C(=O)NC(Cc1cnc[nH]1)C(=O)NC(CCC(=O)O)C(=O)NC(CCC(=O)O)C(=O)O. The van der Waals surface area contributed by atoms with Crippen molar-refractivity contribution in [2.24, 2.45) is 11.5 Å². The number of H-pyrrole nitrogens is 1. The van der Waals surface area contributed by atoms with Crippen LogP contribution in [0.4, 0.5) is 0 Å². The summed E-state index contributed by atoms with van der Waals surface area (Å²) in [5.41, 5.74) is 11.0. The lowest BCUT2D eigenvalue weighted by molar-refractivity contribution is -0.144. The summed E-state index contributed by atoms with van der Waals surface area (Å²) in [5, 5.41) is 33.7. The average Bonchev–Trinajstić information content (AvgIpc) is 3.30. The first kappa shape index (κ1) is 30.5. The van der Waals surface area contributed by atoms with Crippen LogP contribution in [-0.4, -0.2) is 91.0 Å². The first-order chi connectivity index (χ1) is 17.3. The highest BCUT2D eigenvalue weighted by Gasteiger charge is 2.31. The van der Waals surface area contributed by atoms with Gasteiger partial charge in [0.25, 0.3) is 0 Å². The van der Waals surface area contributed by atoms with Crippen LogP contribution in [0.2, 0.25) is 0 Å². The van der Waals surface area contributed by atoms with E-state index in [4.69, 9.17) is 21.7 Å². The summed E-state index contributed by atoms with van der Waals surface area (Å²) in [7, 11) is 0. The monoisotopic (exact) mass is 527 g/mol. The number of imidazole rings is 1. The lowest BCUT2D eigenvalue weighted by atomic mass is 10.1. The fourth-order valence-electron chi connectivity index (χ4n) is 3.02. The molecule has 0 aliphatic carbocycles. The molecule has 0 saturated carbocycles. The van der Waals surface area contributed by atoms with Gasteiger partial charge in [-0.05, 0) is 12.8 Å². The summed E-state index contributed by atoms with van der Waals surface area (Å²) >= 11 is 0. The molecule has 4 amide bonds. The van der Waals surface area contributed by atoms with Gasteiger partial charge in [-0.15, -0.1) is 0 Å². The minimum absolute atomic E-state index is 0.176. The summed E-state index contributed by atoms with van der Waals surface area (Å²) in [6, 6.07) is -5.95. The van der Waals surface area contributed by atoms with Gasteiger partial charge in [0, 0.05) is 31.2 Å². The molecule has 37 heavy (non-hydrogen) atoms. The quantitative estimate of drug-likeness (QED) is 0.0950. The number of nitrogens with two attached hydrogens (primary N) is 2. The Morgan fingerprint density at radius 2 is 1.35 bits per heavy atom. The number of primary amides is 1. The third-order valence-corrected chi connectivity index (χ3v) is 4.91. The molecule has 4 unspecified atom stereocenters. The van der Waals surface area contributed by atoms with Crippen molar-refractivity contribution in [3.63, 3.8) is 0 Å². The van der Waals surface area contributed by atoms with Gasteiger partial charge in [0.05, 0.1) is 18.8 Å². The number of carbonyl (C=O) groups excluding carboxylic acids is 4. The largest absolute Gasteiger partial charge is 0.481 e. The maximum Gasteiger partial charge on any atom is 0.326 e. The van der Waals surface area contributed by atoms with Gasteiger partial charge in [-0.25, -0.2) is 9.78 Å². The second kappa shape index (κ2) is 14.8. The second-order valence-electron chi connectivity index (χ2n) is 7.94. The highest BCUT2D eigenvalue weighted by Crippen LogP contribution is 2.06. The van der Waals surface area contributed by atoms with Gasteiger partial charge in [0.15, 0.2) is 0 Å². The van der Waals surface area contributed by atoms with E-state index in [9.17, 15) is 38.7 Å². The van der Waals surface area contributed by atoms with Crippen molar-refractivity contribution >= 4 is 41.5 Å². The highest BCUT2D eigenvalue weighted by atomic mass is 16.4. The minimum Gasteiger partial charge on any atom is -0.481 e. The van der Waals surface area contributed by atoms with Crippen molar-refractivity contribution in [1.29, 1.82) is 0 Å². The predicted octanol–water partition coefficient (Wildman–Crippen LogP) is -3.58. The average molecular weight is 527 g/mol. The first-order valence-electron chi connectivity index (χ1n) is 10.9. The van der Waals surface area contributed by atoms with Crippen LogP contribution in [0.15, 0.2) is 12.5 Å². The van der Waals surface area contributed by atoms with E-state index in [-0.39, 0.29) is 6.42 Å². The third-order valence-electron chi connectivity index (χ3n) is 4.91. The summed E-state index contributed by atoms with van der Waals surface area (Å²) < 4.78 is 0. The second-order valence-corrected chi connectivity index (χ2v) is 7.94. The molecule has 1 rings (SSSR count). The molecule has 0 aliphatic heterocycles. The van der Waals surface area contributed by atoms with Crippen molar-refractivity contribution < 1.29 is 48.9 Å². The maximum atomic E-state index is 13.0. The Morgan fingerprint density at radius 3 is 1.84 bits per heavy atom. The Bertz CT molecular complexity index is 998. The van der Waals surface area contributed by atoms with Crippen LogP contribution in [0.1, 0.15) is 37.8 Å². The van der Waals surface area contributed by atoms with Crippen molar-refractivity contribution in [3.05, 3.63) is 18.2 Å². The number of aromatic amines is 1. The molecule has 11 N–H and O–H groups in total. The van der Waals surface area contributed by atoms with Crippen molar-refractivity contribution in [2.75, 3.05) is 0 Å². The maximum absolute atomic E-state index is 13.0. The van der Waals surface area contributed by atoms with Crippen LogP contribution in [0.5, 0.6) is 0 Å². The van der Waals surface area contributed by atoms with Gasteiger partial charge in [0.2, 0.25) is 23.6 Å². The van der Waals surface area contributed by atoms with E-state index in [2.05, 4.69) is 25.9 Å². The number of carboxylic acid groups (broad SMARTS) is 3. The standard InChI is InChI=1S/C20H29N7O10/c21-10(6-14(22)28)17(33)27-13(5-9-7-23-8-24-9)19(35)25-11(1-3-15(29)30)18(34)26-12(20(36)37)2-4-16(31)32/h7-8,10-13H,1-6,21H2,(H2,22,28)(H,23,24)(H,25,35)(H,26,34)(H,27,33)(H,29,30)(H,31,32)(H,36,37). The van der Waals surface area contributed by atoms with Crippen LogP contribution in [0, 0.1) is 0 Å². The number of nitrogens with one attached hydrogen (secondary N) is 4. The van der Waals surface area contributed by atoms with E-state index in [0.29, 0.717) is 5.69 Å². The fourth-order valence-corrected chi connectivity index (χ4v) is 3.02. The zero-order chi connectivity index (χ0) is 28.1. The molecule has 0 spiro atoms. The third kappa shape index (κ3) is 11.6. The van der Waals surface area contributed by atoms with Crippen LogP contribution in [0.25, 0.3) is 0 Å². The number of nitrogens with zero attached hydrogens (tertiary/aromatic N) is 1. The Hall–Kier alpha value is -4.54. The summed E-state index contributed by atoms with van der Waals surface area (Å²) in [6.07, 6.45) is -0.122. The Morgan fingerprint density at radius 1 is 0.838 bits per heavy atom. The molecule has 4 atom stereocenters. The van der Waals surface area contributed by atoms with E-state index in [1.165, 1.54) is 12.5 Å². The lowest BCUT2D eigenvalue weighted by Gasteiger charge is -2.24. The highest BCUT2D eigenvalue weighted by molar-refractivity contribution is 5.95. The number of carboxylic acids is 3. The number of aromatic nitrogens is 2. The molecule has 0 fully saturated rings. The van der Waals surface area contributed by atoms with Gasteiger partial charge in [-0.1, -0.05) is 0 Å². The molecule has 17 nitrogen and oxygen atoms in total. The topological polar surface area (TPSA) is 297 Å². The van der Waals surface area contributed by atoms with Gasteiger partial charge in [-0.3, -0.25) is 28.8 Å². The molecule has 0 radical (unpaired) electrons. The van der Waals surface area contributed by atoms with Crippen LogP contribution < -0.4 is 27.4 Å². The molecule has 1 aromatic rings. The molecular weight excluding hydrogens is 498 g/mol. The molecule has 1 aromatic heterocycles. The van der Waals surface area contributed by atoms with E-state index in [0.717, 1.165) is 0 Å². The number of hydrogen-bond acceptors (Lipinski definition) is 9. The van der Waals surface area contributed by atoms with Crippen LogP contribution in [0.3, 0.4) is 0 Å². The number of carbonyl (C=O) groups is 7. The van der Waals surface area contributed by atoms with Crippen LogP contribution in [-0.2, 0) is 40.0 Å². The van der Waals surface area contributed by atoms with E-state index >= 15 is 0 Å². The minimum atomic E-state index is -1.62. The molecular formula is C20H29N7O10. The van der Waals surface area contributed by atoms with Gasteiger partial charge >= 0.3 is 17.9 Å². The van der Waals surface area contributed by atoms with Gasteiger partial charge in [0.1, 0.15) is 18.1 Å². The fraction of sp³-hybridized carbons (Fsp3) is 0.500.